The van der Waals surface area contributed by atoms with Crippen LogP contribution in [0.25, 0.3) is 0 Å². The Bertz CT molecular complexity index is 993. The van der Waals surface area contributed by atoms with Gasteiger partial charge in [0, 0.05) is 39.7 Å². The van der Waals surface area contributed by atoms with E-state index in [1.165, 1.54) is 51.4 Å². The number of nitrogens with zero attached hydrogens (tertiary/aromatic N) is 2. The third-order valence-corrected chi connectivity index (χ3v) is 11.4. The maximum atomic E-state index is 12.8. The van der Waals surface area contributed by atoms with Crippen LogP contribution in [0.5, 0.6) is 0 Å². The highest BCUT2D eigenvalue weighted by Gasteiger charge is 2.33. The van der Waals surface area contributed by atoms with Crippen LogP contribution in [0.4, 0.5) is 0 Å². The molecule has 1 aliphatic carbocycles. The van der Waals surface area contributed by atoms with Gasteiger partial charge in [-0.3, -0.25) is 19.2 Å². The van der Waals surface area contributed by atoms with E-state index in [2.05, 4.69) is 10.6 Å². The lowest BCUT2D eigenvalue weighted by atomic mass is 9.85. The first-order valence-electron chi connectivity index (χ1n) is 22.6. The van der Waals surface area contributed by atoms with Gasteiger partial charge in [-0.25, -0.2) is 0 Å². The van der Waals surface area contributed by atoms with Crippen LogP contribution in [-0.2, 0) is 33.4 Å². The highest BCUT2D eigenvalue weighted by Crippen LogP contribution is 2.28. The molecule has 0 radical (unpaired) electrons. The molecule has 3 aliphatic rings. The first-order valence-corrected chi connectivity index (χ1v) is 22.6. The third kappa shape index (κ3) is 22.6. The minimum Gasteiger partial charge on any atom is -0.382 e. The molecule has 13 nitrogen and oxygen atoms in total. The summed E-state index contributed by atoms with van der Waals surface area (Å²) in [7, 11) is 1.62. The molecule has 0 spiro atoms. The summed E-state index contributed by atoms with van der Waals surface area (Å²) in [6.07, 6.45) is 26.1. The van der Waals surface area contributed by atoms with Gasteiger partial charge in [0.1, 0.15) is 18.7 Å². The molecule has 3 rings (SSSR count). The van der Waals surface area contributed by atoms with E-state index in [0.717, 1.165) is 122 Å². The second-order valence-corrected chi connectivity index (χ2v) is 15.9. The Morgan fingerprint density at radius 2 is 1.04 bits per heavy atom. The van der Waals surface area contributed by atoms with Gasteiger partial charge >= 0.3 is 0 Å². The van der Waals surface area contributed by atoms with Crippen molar-refractivity contribution in [2.45, 2.75) is 166 Å². The molecule has 2 atom stereocenters. The van der Waals surface area contributed by atoms with E-state index in [0.29, 0.717) is 52.4 Å². The van der Waals surface area contributed by atoms with Crippen molar-refractivity contribution < 1.29 is 33.4 Å². The fourth-order valence-corrected chi connectivity index (χ4v) is 8.03. The molecular weight excluding hydrogens is 713 g/mol. The monoisotopic (exact) mass is 795 g/mol. The number of hydrogen-bond donors (Lipinski definition) is 4. The Balaban J connectivity index is 0.000000387. The number of nitrogens with two attached hydrogens (primary N) is 2. The van der Waals surface area contributed by atoms with Gasteiger partial charge in [-0.2, -0.15) is 0 Å². The number of likely N-dealkylation sites (tertiary alicyclic amines) is 2. The lowest BCUT2D eigenvalue weighted by molar-refractivity contribution is -0.146. The van der Waals surface area contributed by atoms with Crippen LogP contribution in [-0.4, -0.2) is 125 Å². The van der Waals surface area contributed by atoms with Crippen LogP contribution in [0, 0.1) is 5.92 Å². The molecule has 0 aromatic heterocycles. The minimum absolute atomic E-state index is 0.0153. The fourth-order valence-electron chi connectivity index (χ4n) is 8.03. The van der Waals surface area contributed by atoms with Crippen molar-refractivity contribution in [1.82, 2.24) is 20.4 Å². The first-order chi connectivity index (χ1) is 27.4. The smallest absolute Gasteiger partial charge is 0.249 e. The van der Waals surface area contributed by atoms with Crippen molar-refractivity contribution in [3.05, 3.63) is 0 Å². The van der Waals surface area contributed by atoms with E-state index < -0.39 is 0 Å². The number of piperidine rings is 2. The molecule has 2 aliphatic heterocycles. The van der Waals surface area contributed by atoms with Crippen LogP contribution >= 0.6 is 0 Å². The molecule has 4 amide bonds. The topological polar surface area (TPSA) is 179 Å². The number of hydrogen-bond acceptors (Lipinski definition) is 9. The number of rotatable bonds is 28. The van der Waals surface area contributed by atoms with Crippen LogP contribution in [0.15, 0.2) is 0 Å². The largest absolute Gasteiger partial charge is 0.382 e. The molecule has 0 aromatic rings. The van der Waals surface area contributed by atoms with Gasteiger partial charge in [-0.15, -0.1) is 0 Å². The van der Waals surface area contributed by atoms with Crippen molar-refractivity contribution in [2.24, 2.45) is 17.4 Å². The lowest BCUT2D eigenvalue weighted by Gasteiger charge is -2.35. The summed E-state index contributed by atoms with van der Waals surface area (Å²) >= 11 is 0. The number of nitrogens with one attached hydrogen (secondary N) is 2. The number of ether oxygens (including phenoxy) is 3. The average Bonchev–Trinajstić information content (AvgIpc) is 3.23. The number of unbranched alkanes of at least 4 members (excludes halogenated alkanes) is 8. The summed E-state index contributed by atoms with van der Waals surface area (Å²) in [5.74, 6) is 0.906. The van der Waals surface area contributed by atoms with Gasteiger partial charge in [0.2, 0.25) is 23.6 Å². The number of carbonyl (C=O) groups is 4. The number of methoxy groups -OCH3 is 1. The van der Waals surface area contributed by atoms with Crippen molar-refractivity contribution in [3.63, 3.8) is 0 Å². The maximum absolute atomic E-state index is 12.8. The Morgan fingerprint density at radius 3 is 1.59 bits per heavy atom. The van der Waals surface area contributed by atoms with E-state index in [9.17, 15) is 19.2 Å². The summed E-state index contributed by atoms with van der Waals surface area (Å²) < 4.78 is 15.6. The second-order valence-electron chi connectivity index (χ2n) is 15.9. The molecule has 13 heteroatoms. The van der Waals surface area contributed by atoms with Gasteiger partial charge in [0.05, 0.1) is 26.4 Å². The molecule has 3 fully saturated rings. The van der Waals surface area contributed by atoms with Crippen molar-refractivity contribution in [2.75, 3.05) is 79.4 Å². The zero-order chi connectivity index (χ0) is 40.5. The predicted octanol–water partition coefficient (Wildman–Crippen LogP) is 5.22. The van der Waals surface area contributed by atoms with Gasteiger partial charge in [0.25, 0.3) is 0 Å². The number of amides is 4. The van der Waals surface area contributed by atoms with E-state index in [1.54, 1.807) is 12.0 Å². The summed E-state index contributed by atoms with van der Waals surface area (Å²) in [6, 6.07) is -0.617. The molecule has 56 heavy (non-hydrogen) atoms. The zero-order valence-corrected chi connectivity index (χ0v) is 35.4. The SMILES string of the molecule is COCCOCCOCC(=O)N1CCCCC1C(=O)NCCCCCCCN.NCCCCCCCNC(=O)C1CCCCN1C(=O)CCCC1CCCCC1. The standard InChI is InChI=1S/C23H43N3O2.C20H39N3O5/c24-17-8-2-1-3-9-18-25-23(28)21-15-7-10-19-26(21)22(27)16-11-14-20-12-5-4-6-13-20;1-26-13-14-27-15-16-28-17-19(24)23-12-8-5-9-18(23)20(25)22-11-7-4-2-3-6-10-21/h20-21H,1-19,24H2,(H,25,28);18H,2-17,21H2,1H3,(H,22,25). The second kappa shape index (κ2) is 33.6. The van der Waals surface area contributed by atoms with Crippen molar-refractivity contribution >= 4 is 23.6 Å². The molecule has 0 bridgehead atoms. The summed E-state index contributed by atoms with van der Waals surface area (Å²) in [4.78, 5) is 54.0. The quantitative estimate of drug-likeness (QED) is 0.0774. The first kappa shape index (κ1) is 49.8. The molecule has 2 saturated heterocycles. The predicted molar refractivity (Wildman–Crippen MR) is 223 cm³/mol. The lowest BCUT2D eigenvalue weighted by Crippen LogP contribution is -2.53. The Hall–Kier alpha value is -2.32. The van der Waals surface area contributed by atoms with Crippen LogP contribution in [0.3, 0.4) is 0 Å². The maximum Gasteiger partial charge on any atom is 0.249 e. The van der Waals surface area contributed by atoms with Gasteiger partial charge in [0.15, 0.2) is 0 Å². The van der Waals surface area contributed by atoms with Gasteiger partial charge in [-0.05, 0) is 96.1 Å². The highest BCUT2D eigenvalue weighted by molar-refractivity contribution is 5.88. The molecule has 2 unspecified atom stereocenters. The summed E-state index contributed by atoms with van der Waals surface area (Å²) in [5, 5.41) is 6.07. The average molecular weight is 795 g/mol. The van der Waals surface area contributed by atoms with Crippen LogP contribution < -0.4 is 22.1 Å². The van der Waals surface area contributed by atoms with E-state index in [1.807, 2.05) is 4.90 Å². The van der Waals surface area contributed by atoms with Crippen molar-refractivity contribution in [3.8, 4) is 0 Å². The van der Waals surface area contributed by atoms with Crippen LogP contribution in [0.1, 0.15) is 154 Å². The molecule has 1 saturated carbocycles. The van der Waals surface area contributed by atoms with E-state index in [-0.39, 0.29) is 42.3 Å². The van der Waals surface area contributed by atoms with E-state index >= 15 is 0 Å². The van der Waals surface area contributed by atoms with Crippen molar-refractivity contribution in [1.29, 1.82) is 0 Å². The molecule has 326 valence electrons. The normalized spacial score (nSPS) is 18.9. The Kier molecular flexibility index (Phi) is 29.9. The van der Waals surface area contributed by atoms with E-state index in [4.69, 9.17) is 25.7 Å². The zero-order valence-electron chi connectivity index (χ0n) is 35.4. The fraction of sp³-hybridized carbons (Fsp3) is 0.907. The van der Waals surface area contributed by atoms with Crippen LogP contribution in [0.2, 0.25) is 0 Å². The molecule has 2 heterocycles. The Morgan fingerprint density at radius 1 is 0.554 bits per heavy atom. The highest BCUT2D eigenvalue weighted by atomic mass is 16.5. The Labute approximate surface area is 339 Å². The molecular formula is C43H82N6O7. The van der Waals surface area contributed by atoms with Gasteiger partial charge in [-0.1, -0.05) is 70.6 Å². The number of carbonyl (C=O) groups excluding carboxylic acids is 4. The molecule has 6 N–H and O–H groups in total. The van der Waals surface area contributed by atoms with Gasteiger partial charge < -0.3 is 46.1 Å². The summed E-state index contributed by atoms with van der Waals surface area (Å²) in [6.45, 7) is 6.07. The molecule has 0 aromatic carbocycles. The third-order valence-electron chi connectivity index (χ3n) is 11.4. The minimum atomic E-state index is -0.375. The summed E-state index contributed by atoms with van der Waals surface area (Å²) in [5.41, 5.74) is 11.0.